The van der Waals surface area contributed by atoms with Crippen molar-refractivity contribution in [2.24, 2.45) is 0 Å². The second kappa shape index (κ2) is 8.37. The predicted molar refractivity (Wildman–Crippen MR) is 87.4 cm³/mol. The molecule has 0 bridgehead atoms. The molecule has 0 saturated carbocycles. The van der Waals surface area contributed by atoms with E-state index in [9.17, 15) is 9.50 Å². The number of halogens is 1. The Hall–Kier alpha value is -1.52. The van der Waals surface area contributed by atoms with Crippen LogP contribution >= 0.6 is 0 Å². The van der Waals surface area contributed by atoms with Gasteiger partial charge < -0.3 is 10.0 Å². The molecule has 1 aliphatic heterocycles. The number of piperazine rings is 1. The van der Waals surface area contributed by atoms with E-state index in [1.165, 1.54) is 12.1 Å². The number of aliphatic hydroxyl groups is 1. The van der Waals surface area contributed by atoms with Gasteiger partial charge in [0.15, 0.2) is 0 Å². The molecule has 0 amide bonds. The number of nitrogens with zero attached hydrogens (tertiary/aromatic N) is 4. The second-order valence-corrected chi connectivity index (χ2v) is 6.37. The van der Waals surface area contributed by atoms with Crippen molar-refractivity contribution in [3.05, 3.63) is 35.1 Å². The Labute approximate surface area is 137 Å². The third kappa shape index (κ3) is 5.56. The first-order chi connectivity index (χ1) is 11.0. The minimum absolute atomic E-state index is 0.315. The first-order valence-corrected chi connectivity index (χ1v) is 7.94. The van der Waals surface area contributed by atoms with Crippen LogP contribution in [0.3, 0.4) is 0 Å². The zero-order valence-corrected chi connectivity index (χ0v) is 13.9. The van der Waals surface area contributed by atoms with Crippen molar-refractivity contribution < 1.29 is 9.50 Å². The molecule has 1 heterocycles. The van der Waals surface area contributed by atoms with Gasteiger partial charge in [0.2, 0.25) is 0 Å². The number of hydrogen-bond donors (Lipinski definition) is 1. The number of rotatable bonds is 6. The molecule has 2 rings (SSSR count). The molecular formula is C17H25FN4O. The van der Waals surface area contributed by atoms with Crippen LogP contribution in [0.2, 0.25) is 0 Å². The van der Waals surface area contributed by atoms with Gasteiger partial charge in [0.05, 0.1) is 17.7 Å². The van der Waals surface area contributed by atoms with Crippen molar-refractivity contribution in [3.8, 4) is 6.07 Å². The summed E-state index contributed by atoms with van der Waals surface area (Å²) in [5, 5.41) is 19.1. The zero-order chi connectivity index (χ0) is 16.8. The van der Waals surface area contributed by atoms with Crippen molar-refractivity contribution in [2.75, 3.05) is 53.4 Å². The van der Waals surface area contributed by atoms with Gasteiger partial charge in [-0.25, -0.2) is 4.39 Å². The van der Waals surface area contributed by atoms with Gasteiger partial charge in [-0.15, -0.1) is 0 Å². The molecule has 0 spiro atoms. The van der Waals surface area contributed by atoms with Crippen LogP contribution in [0.5, 0.6) is 0 Å². The molecule has 126 valence electrons. The fourth-order valence-corrected chi connectivity index (χ4v) is 2.87. The van der Waals surface area contributed by atoms with Gasteiger partial charge in [0.1, 0.15) is 5.82 Å². The third-order valence-corrected chi connectivity index (χ3v) is 4.20. The van der Waals surface area contributed by atoms with E-state index in [-0.39, 0.29) is 5.82 Å². The molecule has 1 unspecified atom stereocenters. The molecule has 5 nitrogen and oxygen atoms in total. The van der Waals surface area contributed by atoms with Crippen LogP contribution in [-0.4, -0.2) is 79.3 Å². The quantitative estimate of drug-likeness (QED) is 0.838. The Balaban J connectivity index is 1.82. The van der Waals surface area contributed by atoms with Crippen molar-refractivity contribution in [3.63, 3.8) is 0 Å². The molecule has 1 N–H and O–H groups in total. The Morgan fingerprint density at radius 3 is 2.70 bits per heavy atom. The monoisotopic (exact) mass is 320 g/mol. The Morgan fingerprint density at radius 1 is 1.35 bits per heavy atom. The lowest BCUT2D eigenvalue weighted by atomic mass is 10.1. The highest BCUT2D eigenvalue weighted by Gasteiger charge is 2.18. The van der Waals surface area contributed by atoms with E-state index in [2.05, 4.69) is 16.8 Å². The molecule has 1 saturated heterocycles. The predicted octanol–water partition coefficient (Wildman–Crippen LogP) is 0.737. The summed E-state index contributed by atoms with van der Waals surface area (Å²) in [4.78, 5) is 6.43. The van der Waals surface area contributed by atoms with E-state index in [4.69, 9.17) is 5.26 Å². The standard InChI is InChI=1S/C17H25FN4O/c1-20-5-7-22(8-6-20)13-16(23)12-21(2)11-15-9-14(10-19)3-4-17(15)18/h3-4,9,16,23H,5-8,11-13H2,1-2H3. The number of hydrogen-bond acceptors (Lipinski definition) is 5. The normalized spacial score (nSPS) is 18.1. The van der Waals surface area contributed by atoms with Crippen LogP contribution in [-0.2, 0) is 6.54 Å². The Kier molecular flexibility index (Phi) is 6.48. The molecule has 0 aliphatic carbocycles. The van der Waals surface area contributed by atoms with Gasteiger partial charge in [0, 0.05) is 51.4 Å². The van der Waals surface area contributed by atoms with Crippen molar-refractivity contribution in [1.82, 2.24) is 14.7 Å². The van der Waals surface area contributed by atoms with Gasteiger partial charge in [0.25, 0.3) is 0 Å². The van der Waals surface area contributed by atoms with E-state index < -0.39 is 6.10 Å². The summed E-state index contributed by atoms with van der Waals surface area (Å²) < 4.78 is 13.8. The van der Waals surface area contributed by atoms with Crippen molar-refractivity contribution in [1.29, 1.82) is 5.26 Å². The van der Waals surface area contributed by atoms with Gasteiger partial charge in [-0.2, -0.15) is 5.26 Å². The number of likely N-dealkylation sites (N-methyl/N-ethyl adjacent to an activating group) is 2. The zero-order valence-electron chi connectivity index (χ0n) is 13.9. The van der Waals surface area contributed by atoms with Crippen LogP contribution in [0.15, 0.2) is 18.2 Å². The summed E-state index contributed by atoms with van der Waals surface area (Å²) in [6, 6.07) is 6.38. The summed E-state index contributed by atoms with van der Waals surface area (Å²) in [5.74, 6) is -0.315. The van der Waals surface area contributed by atoms with E-state index in [1.807, 2.05) is 18.0 Å². The first-order valence-electron chi connectivity index (χ1n) is 7.94. The maximum atomic E-state index is 13.8. The van der Waals surface area contributed by atoms with Crippen LogP contribution in [0, 0.1) is 17.1 Å². The van der Waals surface area contributed by atoms with Gasteiger partial charge in [-0.05, 0) is 32.3 Å². The SMILES string of the molecule is CN1CCN(CC(O)CN(C)Cc2cc(C#N)ccc2F)CC1. The summed E-state index contributed by atoms with van der Waals surface area (Å²) in [7, 11) is 3.96. The minimum Gasteiger partial charge on any atom is -0.390 e. The molecule has 1 atom stereocenters. The van der Waals surface area contributed by atoms with Gasteiger partial charge in [-0.1, -0.05) is 0 Å². The molecule has 1 aromatic rings. The maximum Gasteiger partial charge on any atom is 0.127 e. The molecule has 0 aromatic heterocycles. The molecule has 6 heteroatoms. The highest BCUT2D eigenvalue weighted by atomic mass is 19.1. The number of β-amino-alcohol motifs (C(OH)–C–C–N with tert-alkyl or cyclic N) is 1. The first kappa shape index (κ1) is 17.8. The van der Waals surface area contributed by atoms with Crippen LogP contribution < -0.4 is 0 Å². The maximum absolute atomic E-state index is 13.8. The number of benzene rings is 1. The number of nitriles is 1. The van der Waals surface area contributed by atoms with Crippen molar-refractivity contribution in [2.45, 2.75) is 12.6 Å². The van der Waals surface area contributed by atoms with Crippen LogP contribution in [0.25, 0.3) is 0 Å². The van der Waals surface area contributed by atoms with Gasteiger partial charge in [-0.3, -0.25) is 9.80 Å². The van der Waals surface area contributed by atoms with Crippen LogP contribution in [0.4, 0.5) is 4.39 Å². The topological polar surface area (TPSA) is 53.7 Å². The van der Waals surface area contributed by atoms with E-state index in [0.29, 0.717) is 30.8 Å². The summed E-state index contributed by atoms with van der Waals surface area (Å²) in [6.07, 6.45) is -0.467. The molecule has 1 aromatic carbocycles. The lowest BCUT2D eigenvalue weighted by molar-refractivity contribution is 0.0592. The molecule has 1 aliphatic rings. The molecule has 0 radical (unpaired) electrons. The van der Waals surface area contributed by atoms with Crippen molar-refractivity contribution >= 4 is 0 Å². The highest BCUT2D eigenvalue weighted by Crippen LogP contribution is 2.12. The third-order valence-electron chi connectivity index (χ3n) is 4.20. The Morgan fingerprint density at radius 2 is 2.04 bits per heavy atom. The van der Waals surface area contributed by atoms with E-state index in [0.717, 1.165) is 26.2 Å². The van der Waals surface area contributed by atoms with E-state index >= 15 is 0 Å². The van der Waals surface area contributed by atoms with Crippen LogP contribution in [0.1, 0.15) is 11.1 Å². The summed E-state index contributed by atoms with van der Waals surface area (Å²) in [6.45, 7) is 5.47. The lowest BCUT2D eigenvalue weighted by Crippen LogP contribution is -2.48. The second-order valence-electron chi connectivity index (χ2n) is 6.37. The van der Waals surface area contributed by atoms with Gasteiger partial charge >= 0.3 is 0 Å². The molecular weight excluding hydrogens is 295 g/mol. The minimum atomic E-state index is -0.467. The summed E-state index contributed by atoms with van der Waals surface area (Å²) in [5.41, 5.74) is 0.936. The largest absolute Gasteiger partial charge is 0.390 e. The number of aliphatic hydroxyl groups excluding tert-OH is 1. The highest BCUT2D eigenvalue weighted by molar-refractivity contribution is 5.33. The fraction of sp³-hybridized carbons (Fsp3) is 0.588. The van der Waals surface area contributed by atoms with E-state index in [1.54, 1.807) is 6.07 Å². The molecule has 1 fully saturated rings. The Bertz CT molecular complexity index is 552. The average Bonchev–Trinajstić information content (AvgIpc) is 2.51. The average molecular weight is 320 g/mol. The molecule has 23 heavy (non-hydrogen) atoms. The fourth-order valence-electron chi connectivity index (χ4n) is 2.87. The smallest absolute Gasteiger partial charge is 0.127 e. The summed E-state index contributed by atoms with van der Waals surface area (Å²) >= 11 is 0. The lowest BCUT2D eigenvalue weighted by Gasteiger charge is -2.34.